The van der Waals surface area contributed by atoms with Crippen molar-refractivity contribution < 1.29 is 18.3 Å². The number of hydrogen-bond donors (Lipinski definition) is 1. The molecule has 0 aliphatic carbocycles. The van der Waals surface area contributed by atoms with Gasteiger partial charge in [0.2, 0.25) is 0 Å². The van der Waals surface area contributed by atoms with Crippen LogP contribution in [0, 0.1) is 11.8 Å². The van der Waals surface area contributed by atoms with Crippen molar-refractivity contribution in [3.05, 3.63) is 0 Å². The first-order valence-electron chi connectivity index (χ1n) is 3.07. The summed E-state index contributed by atoms with van der Waals surface area (Å²) >= 11 is 0. The summed E-state index contributed by atoms with van der Waals surface area (Å²) in [6, 6.07) is 0. The minimum Gasteiger partial charge on any atom is -0.396 e. The molecule has 0 unspecified atom stereocenters. The fourth-order valence-corrected chi connectivity index (χ4v) is 0.481. The molecule has 1 nitrogen and oxygen atoms in total. The molecule has 10 heavy (non-hydrogen) atoms. The number of alkyl halides is 3. The Kier molecular flexibility index (Phi) is 3.15. The van der Waals surface area contributed by atoms with Gasteiger partial charge < -0.3 is 5.11 Å². The lowest BCUT2D eigenvalue weighted by Gasteiger charge is -2.20. The highest BCUT2D eigenvalue weighted by Crippen LogP contribution is 2.30. The summed E-state index contributed by atoms with van der Waals surface area (Å²) in [7, 11) is 0. The van der Waals surface area contributed by atoms with E-state index >= 15 is 0 Å². The van der Waals surface area contributed by atoms with Crippen molar-refractivity contribution in [3.63, 3.8) is 0 Å². The topological polar surface area (TPSA) is 20.2 Å². The van der Waals surface area contributed by atoms with Gasteiger partial charge in [-0.25, -0.2) is 0 Å². The Hall–Kier alpha value is -0.250. The van der Waals surface area contributed by atoms with E-state index in [9.17, 15) is 13.2 Å². The molecule has 4 heteroatoms. The van der Waals surface area contributed by atoms with Gasteiger partial charge in [-0.3, -0.25) is 0 Å². The Morgan fingerprint density at radius 2 is 1.70 bits per heavy atom. The van der Waals surface area contributed by atoms with Gasteiger partial charge in [0.1, 0.15) is 0 Å². The molecule has 0 saturated heterocycles. The fourth-order valence-electron chi connectivity index (χ4n) is 0.481. The quantitative estimate of drug-likeness (QED) is 0.646. The molecular formula is C6H11F3O. The van der Waals surface area contributed by atoms with E-state index in [0.717, 1.165) is 6.92 Å². The van der Waals surface area contributed by atoms with Crippen LogP contribution in [0.2, 0.25) is 0 Å². The number of hydrogen-bond acceptors (Lipinski definition) is 1. The maximum absolute atomic E-state index is 11.8. The van der Waals surface area contributed by atoms with E-state index in [2.05, 4.69) is 0 Å². The Morgan fingerprint density at radius 1 is 1.30 bits per heavy atom. The summed E-state index contributed by atoms with van der Waals surface area (Å²) in [4.78, 5) is 0. The van der Waals surface area contributed by atoms with E-state index in [1.807, 2.05) is 0 Å². The zero-order chi connectivity index (χ0) is 8.36. The second kappa shape index (κ2) is 3.23. The highest BCUT2D eigenvalue weighted by atomic mass is 19.4. The van der Waals surface area contributed by atoms with Gasteiger partial charge in [0, 0.05) is 6.61 Å². The van der Waals surface area contributed by atoms with E-state index < -0.39 is 24.6 Å². The van der Waals surface area contributed by atoms with Crippen LogP contribution in [-0.4, -0.2) is 17.9 Å². The van der Waals surface area contributed by atoms with E-state index in [0.29, 0.717) is 0 Å². The van der Waals surface area contributed by atoms with E-state index in [1.165, 1.54) is 6.92 Å². The second-order valence-corrected chi connectivity index (χ2v) is 2.49. The molecule has 62 valence electrons. The molecule has 0 fully saturated rings. The molecule has 0 spiro atoms. The summed E-state index contributed by atoms with van der Waals surface area (Å²) in [6.45, 7) is 2.03. The highest BCUT2D eigenvalue weighted by molar-refractivity contribution is 4.67. The molecule has 0 rings (SSSR count). The van der Waals surface area contributed by atoms with E-state index in [1.54, 1.807) is 0 Å². The Bertz CT molecular complexity index is 99.7. The first-order chi connectivity index (χ1) is 4.39. The fraction of sp³-hybridized carbons (Fsp3) is 1.00. The van der Waals surface area contributed by atoms with Crippen molar-refractivity contribution in [2.45, 2.75) is 20.0 Å². The standard InChI is InChI=1S/C6H11F3O/c1-4(3-10)5(2)6(7,8)9/h4-5,10H,3H2,1-2H3/t4-,5-/m0/s1. The Morgan fingerprint density at radius 3 is 1.80 bits per heavy atom. The van der Waals surface area contributed by atoms with Crippen molar-refractivity contribution in [2.24, 2.45) is 11.8 Å². The van der Waals surface area contributed by atoms with Crippen LogP contribution in [0.25, 0.3) is 0 Å². The third-order valence-electron chi connectivity index (χ3n) is 1.66. The average molecular weight is 156 g/mol. The zero-order valence-electron chi connectivity index (χ0n) is 5.94. The average Bonchev–Trinajstić information content (AvgIpc) is 1.83. The first-order valence-corrected chi connectivity index (χ1v) is 3.07. The van der Waals surface area contributed by atoms with Crippen LogP contribution in [0.1, 0.15) is 13.8 Å². The highest BCUT2D eigenvalue weighted by Gasteiger charge is 2.38. The summed E-state index contributed by atoms with van der Waals surface area (Å²) < 4.78 is 35.3. The van der Waals surface area contributed by atoms with Crippen molar-refractivity contribution >= 4 is 0 Å². The molecule has 0 aromatic rings. The molecule has 0 saturated carbocycles. The van der Waals surface area contributed by atoms with E-state index in [-0.39, 0.29) is 0 Å². The van der Waals surface area contributed by atoms with Gasteiger partial charge in [-0.15, -0.1) is 0 Å². The second-order valence-electron chi connectivity index (χ2n) is 2.49. The molecule has 0 aliphatic rings. The van der Waals surface area contributed by atoms with Crippen LogP contribution < -0.4 is 0 Å². The van der Waals surface area contributed by atoms with Crippen molar-refractivity contribution in [2.75, 3.05) is 6.61 Å². The smallest absolute Gasteiger partial charge is 0.391 e. The number of aliphatic hydroxyl groups is 1. The maximum Gasteiger partial charge on any atom is 0.391 e. The molecule has 0 radical (unpaired) electrons. The predicted octanol–water partition coefficient (Wildman–Crippen LogP) is 1.81. The molecule has 0 amide bonds. The Labute approximate surface area is 57.9 Å². The minimum atomic E-state index is -4.18. The van der Waals surface area contributed by atoms with Crippen LogP contribution in [0.5, 0.6) is 0 Å². The lowest BCUT2D eigenvalue weighted by molar-refractivity contribution is -0.184. The summed E-state index contributed by atoms with van der Waals surface area (Å²) in [6.07, 6.45) is -4.18. The SMILES string of the molecule is C[C@@H](CO)[C@H](C)C(F)(F)F. The monoisotopic (exact) mass is 156 g/mol. The molecule has 0 aromatic carbocycles. The maximum atomic E-state index is 11.8. The van der Waals surface area contributed by atoms with Crippen molar-refractivity contribution in [1.82, 2.24) is 0 Å². The molecule has 0 aliphatic heterocycles. The van der Waals surface area contributed by atoms with Crippen LogP contribution in [-0.2, 0) is 0 Å². The largest absolute Gasteiger partial charge is 0.396 e. The van der Waals surface area contributed by atoms with E-state index in [4.69, 9.17) is 5.11 Å². The van der Waals surface area contributed by atoms with Crippen LogP contribution in [0.3, 0.4) is 0 Å². The number of halogens is 3. The molecule has 2 atom stereocenters. The summed E-state index contributed by atoms with van der Waals surface area (Å²) in [5, 5.41) is 8.37. The zero-order valence-corrected chi connectivity index (χ0v) is 5.94. The predicted molar refractivity (Wildman–Crippen MR) is 31.5 cm³/mol. The number of rotatable bonds is 2. The van der Waals surface area contributed by atoms with Crippen LogP contribution >= 0.6 is 0 Å². The summed E-state index contributed by atoms with van der Waals surface area (Å²) in [5.74, 6) is -2.13. The van der Waals surface area contributed by atoms with Crippen molar-refractivity contribution in [1.29, 1.82) is 0 Å². The van der Waals surface area contributed by atoms with Gasteiger partial charge >= 0.3 is 6.18 Å². The minimum absolute atomic E-state index is 0.416. The van der Waals surface area contributed by atoms with Gasteiger partial charge in [-0.2, -0.15) is 13.2 Å². The van der Waals surface area contributed by atoms with Crippen LogP contribution in [0.15, 0.2) is 0 Å². The molecule has 1 N–H and O–H groups in total. The Balaban J connectivity index is 3.94. The molecule has 0 bridgehead atoms. The number of aliphatic hydroxyl groups excluding tert-OH is 1. The van der Waals surface area contributed by atoms with Crippen molar-refractivity contribution in [3.8, 4) is 0 Å². The van der Waals surface area contributed by atoms with Gasteiger partial charge in [-0.05, 0) is 5.92 Å². The molecule has 0 aromatic heterocycles. The third-order valence-corrected chi connectivity index (χ3v) is 1.66. The lowest BCUT2D eigenvalue weighted by Crippen LogP contribution is -2.27. The van der Waals surface area contributed by atoms with Gasteiger partial charge in [0.05, 0.1) is 5.92 Å². The third kappa shape index (κ3) is 2.56. The lowest BCUT2D eigenvalue weighted by atomic mass is 9.97. The summed E-state index contributed by atoms with van der Waals surface area (Å²) in [5.41, 5.74) is 0. The van der Waals surface area contributed by atoms with Gasteiger partial charge in [0.25, 0.3) is 0 Å². The van der Waals surface area contributed by atoms with Gasteiger partial charge in [0.15, 0.2) is 0 Å². The van der Waals surface area contributed by atoms with Crippen LogP contribution in [0.4, 0.5) is 13.2 Å². The first kappa shape index (κ1) is 9.75. The van der Waals surface area contributed by atoms with Gasteiger partial charge in [-0.1, -0.05) is 13.8 Å². The normalized spacial score (nSPS) is 18.6. The molecular weight excluding hydrogens is 145 g/mol. The molecule has 0 heterocycles.